The fourth-order valence-corrected chi connectivity index (χ4v) is 6.08. The molecule has 0 amide bonds. The molecular weight excluding hydrogens is 580 g/mol. The van der Waals surface area contributed by atoms with Crippen LogP contribution in [0.5, 0.6) is 0 Å². The molecule has 0 aliphatic carbocycles. The largest absolute Gasteiger partial charge is 0.421 e. The molecule has 2 aromatic heterocycles. The van der Waals surface area contributed by atoms with E-state index in [1.807, 2.05) is 0 Å². The highest BCUT2D eigenvalue weighted by Gasteiger charge is 2.36. The molecule has 15 heteroatoms. The molecule has 0 bridgehead atoms. The van der Waals surface area contributed by atoms with Gasteiger partial charge in [0, 0.05) is 53.2 Å². The molecule has 2 heterocycles. The number of aromatic nitrogens is 3. The van der Waals surface area contributed by atoms with Crippen molar-refractivity contribution in [2.24, 2.45) is 0 Å². The van der Waals surface area contributed by atoms with E-state index >= 15 is 0 Å². The summed E-state index contributed by atoms with van der Waals surface area (Å²) in [5.41, 5.74) is 0.113. The maximum atomic E-state index is 13.8. The predicted octanol–water partition coefficient (Wildman–Crippen LogP) is 6.27. The molecule has 0 fully saturated rings. The average molecular weight is 615 g/mol. The number of hydrogen-bond acceptors (Lipinski definition) is 9. The van der Waals surface area contributed by atoms with Crippen LogP contribution in [0.2, 0.25) is 0 Å². The first-order chi connectivity index (χ1) is 19.2. The summed E-state index contributed by atoms with van der Waals surface area (Å²) in [5.74, 6) is 3.43. The van der Waals surface area contributed by atoms with Crippen LogP contribution in [0.4, 0.5) is 36.4 Å². The standard InChI is InChI=1S/C26H34F3N6O4PS/c1-7-38-40(36,39-8-2)18(3)19-11-13-21(14-12-19)33-25-32-17-22(26(27,28)29)23(34-25)31-16-20-10-9-15-30-24(20)35(4)41(5,6)37/h9-15,17-18H,5,7-8,16H2,1-4,6H3,(H2,31,32,33,34). The molecule has 0 aliphatic heterocycles. The molecule has 2 unspecified atom stereocenters. The third-order valence-electron chi connectivity index (χ3n) is 6.03. The summed E-state index contributed by atoms with van der Waals surface area (Å²) in [4.78, 5) is 12.1. The number of alkyl halides is 3. The van der Waals surface area contributed by atoms with E-state index in [1.165, 1.54) is 16.8 Å². The van der Waals surface area contributed by atoms with E-state index < -0.39 is 40.5 Å². The minimum absolute atomic E-state index is 0.0755. The van der Waals surface area contributed by atoms with Gasteiger partial charge < -0.3 is 19.7 Å². The summed E-state index contributed by atoms with van der Waals surface area (Å²) < 4.78 is 79.1. The van der Waals surface area contributed by atoms with Crippen LogP contribution >= 0.6 is 7.60 Å². The third kappa shape index (κ3) is 8.19. The van der Waals surface area contributed by atoms with Gasteiger partial charge in [-0.05, 0) is 50.4 Å². The second kappa shape index (κ2) is 13.2. The zero-order chi connectivity index (χ0) is 30.4. The van der Waals surface area contributed by atoms with Gasteiger partial charge in [0.25, 0.3) is 0 Å². The lowest BCUT2D eigenvalue weighted by Crippen LogP contribution is -2.27. The van der Waals surface area contributed by atoms with Crippen LogP contribution in [0.3, 0.4) is 0 Å². The van der Waals surface area contributed by atoms with Gasteiger partial charge in [-0.2, -0.15) is 18.2 Å². The van der Waals surface area contributed by atoms with Gasteiger partial charge in [-0.3, -0.25) is 8.87 Å². The maximum Gasteiger partial charge on any atom is 0.421 e. The van der Waals surface area contributed by atoms with Crippen LogP contribution < -0.4 is 14.9 Å². The van der Waals surface area contributed by atoms with Crippen LogP contribution in [-0.4, -0.2) is 51.5 Å². The van der Waals surface area contributed by atoms with Crippen molar-refractivity contribution in [1.82, 2.24) is 15.0 Å². The van der Waals surface area contributed by atoms with Crippen molar-refractivity contribution in [3.05, 3.63) is 65.5 Å². The SMILES string of the molecule is C=S(C)(=O)N(C)c1ncccc1CNc1nc(Nc2ccc(C(C)P(=O)(OCC)OCC)cc2)ncc1C(F)(F)F. The normalized spacial score (nSPS) is 14.2. The summed E-state index contributed by atoms with van der Waals surface area (Å²) >= 11 is 0. The van der Waals surface area contributed by atoms with Crippen LogP contribution in [0.25, 0.3) is 0 Å². The number of anilines is 4. The van der Waals surface area contributed by atoms with Crippen LogP contribution in [0, 0.1) is 0 Å². The van der Waals surface area contributed by atoms with E-state index in [0.29, 0.717) is 28.8 Å². The lowest BCUT2D eigenvalue weighted by Gasteiger charge is -2.23. The van der Waals surface area contributed by atoms with E-state index in [2.05, 4.69) is 31.5 Å². The Morgan fingerprint density at radius 1 is 1.12 bits per heavy atom. The molecular formula is C26H34F3N6O4PS. The van der Waals surface area contributed by atoms with Crippen molar-refractivity contribution in [3.8, 4) is 0 Å². The fraction of sp³-hybridized carbons (Fsp3) is 0.385. The first-order valence-corrected chi connectivity index (χ1v) is 16.3. The molecule has 0 radical (unpaired) electrons. The van der Waals surface area contributed by atoms with Crippen molar-refractivity contribution >= 4 is 46.4 Å². The number of hydrogen-bond donors (Lipinski definition) is 2. The van der Waals surface area contributed by atoms with E-state index in [4.69, 9.17) is 9.05 Å². The Bertz CT molecular complexity index is 1480. The Morgan fingerprint density at radius 2 is 1.76 bits per heavy atom. The van der Waals surface area contributed by atoms with Gasteiger partial charge in [-0.25, -0.2) is 14.2 Å². The minimum atomic E-state index is -4.71. The Balaban J connectivity index is 1.85. The lowest BCUT2D eigenvalue weighted by molar-refractivity contribution is -0.137. The van der Waals surface area contributed by atoms with Gasteiger partial charge in [0.2, 0.25) is 5.95 Å². The molecule has 3 rings (SSSR count). The number of nitrogens with zero attached hydrogens (tertiary/aromatic N) is 4. The number of benzene rings is 1. The molecule has 0 aliphatic rings. The van der Waals surface area contributed by atoms with Gasteiger partial charge in [0.15, 0.2) is 0 Å². The summed E-state index contributed by atoms with van der Waals surface area (Å²) in [7, 11) is -4.49. The smallest absolute Gasteiger partial charge is 0.365 e. The second-order valence-corrected chi connectivity index (χ2v) is 13.9. The van der Waals surface area contributed by atoms with E-state index in [0.717, 1.165) is 0 Å². The van der Waals surface area contributed by atoms with E-state index in [1.54, 1.807) is 64.2 Å². The number of rotatable bonds is 13. The Kier molecular flexibility index (Phi) is 10.4. The van der Waals surface area contributed by atoms with Gasteiger partial charge >= 0.3 is 13.8 Å². The number of halogens is 3. The van der Waals surface area contributed by atoms with Gasteiger partial charge in [0.1, 0.15) is 17.2 Å². The van der Waals surface area contributed by atoms with Gasteiger partial charge in [-0.1, -0.05) is 18.2 Å². The highest BCUT2D eigenvalue weighted by molar-refractivity contribution is 8.00. The van der Waals surface area contributed by atoms with Crippen molar-refractivity contribution in [2.75, 3.05) is 41.5 Å². The Labute approximate surface area is 238 Å². The Hall–Kier alpha value is -3.19. The summed E-state index contributed by atoms with van der Waals surface area (Å²) in [5, 5.41) is 5.62. The molecule has 0 spiro atoms. The summed E-state index contributed by atoms with van der Waals surface area (Å²) in [6.45, 7) is 5.59. The molecule has 2 atom stereocenters. The van der Waals surface area contributed by atoms with Crippen molar-refractivity contribution in [3.63, 3.8) is 0 Å². The van der Waals surface area contributed by atoms with Crippen molar-refractivity contribution in [1.29, 1.82) is 0 Å². The summed E-state index contributed by atoms with van der Waals surface area (Å²) in [6, 6.07) is 10.1. The van der Waals surface area contributed by atoms with Crippen LogP contribution in [0.15, 0.2) is 48.8 Å². The zero-order valence-corrected chi connectivity index (χ0v) is 25.1. The molecule has 0 saturated carbocycles. The zero-order valence-electron chi connectivity index (χ0n) is 23.4. The first kappa shape index (κ1) is 32.3. The molecule has 10 nitrogen and oxygen atoms in total. The second-order valence-electron chi connectivity index (χ2n) is 9.05. The quantitative estimate of drug-likeness (QED) is 0.170. The molecule has 2 N–H and O–H groups in total. The van der Waals surface area contributed by atoms with Crippen molar-refractivity contribution < 1.29 is 31.0 Å². The van der Waals surface area contributed by atoms with E-state index in [-0.39, 0.29) is 25.7 Å². The molecule has 3 aromatic rings. The van der Waals surface area contributed by atoms with Gasteiger partial charge in [-0.15, -0.1) is 0 Å². The minimum Gasteiger partial charge on any atom is -0.365 e. The maximum absolute atomic E-state index is 13.8. The van der Waals surface area contributed by atoms with Crippen molar-refractivity contribution in [2.45, 2.75) is 39.2 Å². The molecule has 41 heavy (non-hydrogen) atoms. The molecule has 1 aromatic carbocycles. The third-order valence-corrected chi connectivity index (χ3v) is 9.84. The molecule has 0 saturated heterocycles. The monoisotopic (exact) mass is 614 g/mol. The lowest BCUT2D eigenvalue weighted by atomic mass is 10.1. The van der Waals surface area contributed by atoms with E-state index in [9.17, 15) is 21.9 Å². The highest BCUT2D eigenvalue weighted by Crippen LogP contribution is 2.60. The molecule has 224 valence electrons. The van der Waals surface area contributed by atoms with Gasteiger partial charge in [0.05, 0.1) is 18.9 Å². The van der Waals surface area contributed by atoms with Crippen LogP contribution in [-0.2, 0) is 36.0 Å². The Morgan fingerprint density at radius 3 is 2.32 bits per heavy atom. The topological polar surface area (TPSA) is 119 Å². The highest BCUT2D eigenvalue weighted by atomic mass is 32.2. The first-order valence-electron chi connectivity index (χ1n) is 12.6. The fourth-order valence-electron chi connectivity index (χ4n) is 3.78. The predicted molar refractivity (Wildman–Crippen MR) is 157 cm³/mol. The number of pyridine rings is 1. The average Bonchev–Trinajstić information content (AvgIpc) is 2.91. The number of nitrogens with one attached hydrogen (secondary N) is 2. The summed E-state index contributed by atoms with van der Waals surface area (Å²) in [6.07, 6.45) is -1.09. The van der Waals surface area contributed by atoms with Crippen LogP contribution in [0.1, 0.15) is 43.1 Å².